The predicted octanol–water partition coefficient (Wildman–Crippen LogP) is 2.33. The highest BCUT2D eigenvalue weighted by atomic mass is 32.1. The van der Waals surface area contributed by atoms with E-state index in [9.17, 15) is 4.79 Å². The van der Waals surface area contributed by atoms with Crippen LogP contribution < -0.4 is 4.90 Å². The van der Waals surface area contributed by atoms with Gasteiger partial charge in [0.2, 0.25) is 0 Å². The second kappa shape index (κ2) is 7.14. The molecule has 2 aliphatic heterocycles. The molecular formula is C19H24N3O2S+. The predicted molar refractivity (Wildman–Crippen MR) is 97.7 cm³/mol. The van der Waals surface area contributed by atoms with Crippen molar-refractivity contribution in [2.24, 2.45) is 11.0 Å². The van der Waals surface area contributed by atoms with Gasteiger partial charge < -0.3 is 9.32 Å². The lowest BCUT2D eigenvalue weighted by molar-refractivity contribution is -0.898. The van der Waals surface area contributed by atoms with Crippen molar-refractivity contribution in [1.29, 1.82) is 0 Å². The Morgan fingerprint density at radius 3 is 2.88 bits per heavy atom. The lowest BCUT2D eigenvalue weighted by atomic mass is 9.99. The van der Waals surface area contributed by atoms with Gasteiger partial charge in [0.25, 0.3) is 5.91 Å². The van der Waals surface area contributed by atoms with E-state index in [1.807, 2.05) is 23.6 Å². The van der Waals surface area contributed by atoms with Crippen LogP contribution in [0.4, 0.5) is 0 Å². The van der Waals surface area contributed by atoms with Gasteiger partial charge in [-0.25, -0.2) is 5.01 Å². The van der Waals surface area contributed by atoms with Crippen molar-refractivity contribution in [2.75, 3.05) is 19.6 Å². The van der Waals surface area contributed by atoms with E-state index in [0.29, 0.717) is 13.0 Å². The summed E-state index contributed by atoms with van der Waals surface area (Å²) in [6, 6.07) is 7.77. The molecule has 0 saturated carbocycles. The summed E-state index contributed by atoms with van der Waals surface area (Å²) >= 11 is 1.66. The zero-order valence-electron chi connectivity index (χ0n) is 14.5. The molecule has 0 radical (unpaired) electrons. The Hall–Kier alpha value is -1.92. The number of amides is 1. The molecule has 2 aromatic heterocycles. The van der Waals surface area contributed by atoms with Crippen LogP contribution in [-0.4, -0.2) is 36.3 Å². The van der Waals surface area contributed by atoms with Crippen LogP contribution >= 0.6 is 11.3 Å². The highest BCUT2D eigenvalue weighted by Gasteiger charge is 2.36. The molecule has 4 rings (SSSR count). The summed E-state index contributed by atoms with van der Waals surface area (Å²) in [4.78, 5) is 15.5. The molecule has 2 aromatic rings. The van der Waals surface area contributed by atoms with E-state index < -0.39 is 0 Å². The van der Waals surface area contributed by atoms with E-state index in [0.717, 1.165) is 35.4 Å². The highest BCUT2D eigenvalue weighted by molar-refractivity contribution is 7.12. The first-order chi connectivity index (χ1) is 12.2. The molecule has 132 valence electrons. The molecule has 6 heteroatoms. The summed E-state index contributed by atoms with van der Waals surface area (Å²) in [5, 5.41) is 8.40. The number of furan rings is 1. The first-order valence-electron chi connectivity index (χ1n) is 9.01. The van der Waals surface area contributed by atoms with Crippen LogP contribution in [0.15, 0.2) is 45.4 Å². The van der Waals surface area contributed by atoms with Crippen LogP contribution in [0.2, 0.25) is 0 Å². The Kier molecular flexibility index (Phi) is 4.72. The van der Waals surface area contributed by atoms with E-state index in [4.69, 9.17) is 4.42 Å². The smallest absolute Gasteiger partial charge is 0.298 e. The van der Waals surface area contributed by atoms with Crippen LogP contribution in [0.1, 0.15) is 42.9 Å². The Morgan fingerprint density at radius 2 is 2.20 bits per heavy atom. The SMILES string of the molecule is CC1CC[NH+](CC(=O)N2N=C(c3cccs3)C[C@@H]2c2ccco2)CC1. The van der Waals surface area contributed by atoms with Gasteiger partial charge in [0.15, 0.2) is 6.54 Å². The molecule has 1 N–H and O–H groups in total. The maximum Gasteiger partial charge on any atom is 0.298 e. The zero-order valence-corrected chi connectivity index (χ0v) is 15.3. The molecule has 4 heterocycles. The number of thiophene rings is 1. The number of carbonyl (C=O) groups excluding carboxylic acids is 1. The summed E-state index contributed by atoms with van der Waals surface area (Å²) in [5.74, 6) is 1.69. The van der Waals surface area contributed by atoms with Crippen molar-refractivity contribution in [3.63, 3.8) is 0 Å². The number of hydrogen-bond donors (Lipinski definition) is 1. The Labute approximate surface area is 151 Å². The molecule has 2 aliphatic rings. The minimum absolute atomic E-state index is 0.0949. The molecule has 5 nitrogen and oxygen atoms in total. The van der Waals surface area contributed by atoms with Crippen LogP contribution in [0.3, 0.4) is 0 Å². The van der Waals surface area contributed by atoms with Gasteiger partial charge in [0.1, 0.15) is 11.8 Å². The number of nitrogens with one attached hydrogen (secondary N) is 1. The van der Waals surface area contributed by atoms with Gasteiger partial charge in [-0.05, 0) is 42.3 Å². The number of piperidine rings is 1. The molecule has 1 atom stereocenters. The molecular weight excluding hydrogens is 334 g/mol. The maximum absolute atomic E-state index is 13.0. The zero-order chi connectivity index (χ0) is 17.2. The Balaban J connectivity index is 1.52. The van der Waals surface area contributed by atoms with Gasteiger partial charge in [-0.15, -0.1) is 11.3 Å². The van der Waals surface area contributed by atoms with Crippen LogP contribution in [-0.2, 0) is 4.79 Å². The van der Waals surface area contributed by atoms with Crippen LogP contribution in [0, 0.1) is 5.92 Å². The normalized spacial score (nSPS) is 26.7. The average molecular weight is 358 g/mol. The maximum atomic E-state index is 13.0. The van der Waals surface area contributed by atoms with Gasteiger partial charge in [-0.3, -0.25) is 4.79 Å². The Morgan fingerprint density at radius 1 is 1.36 bits per heavy atom. The minimum atomic E-state index is -0.122. The number of hydrogen-bond acceptors (Lipinski definition) is 4. The lowest BCUT2D eigenvalue weighted by Crippen LogP contribution is -3.14. The second-order valence-electron chi connectivity index (χ2n) is 7.11. The van der Waals surface area contributed by atoms with Crippen molar-refractivity contribution >= 4 is 23.0 Å². The molecule has 0 spiro atoms. The van der Waals surface area contributed by atoms with E-state index in [2.05, 4.69) is 18.1 Å². The van der Waals surface area contributed by atoms with Crippen molar-refractivity contribution in [3.05, 3.63) is 46.5 Å². The van der Waals surface area contributed by atoms with Gasteiger partial charge in [-0.1, -0.05) is 13.0 Å². The quantitative estimate of drug-likeness (QED) is 0.912. The third-order valence-electron chi connectivity index (χ3n) is 5.23. The van der Waals surface area contributed by atoms with Gasteiger partial charge in [0, 0.05) is 6.42 Å². The van der Waals surface area contributed by atoms with Gasteiger partial charge >= 0.3 is 0 Å². The standard InChI is InChI=1S/C19H23N3O2S/c1-14-6-8-21(9-7-14)13-19(23)22-16(17-4-2-10-24-17)12-15(20-22)18-5-3-11-25-18/h2-5,10-11,14,16H,6-9,12-13H2,1H3/p+1/t16-/m1/s1. The summed E-state index contributed by atoms with van der Waals surface area (Å²) in [6.45, 7) is 4.97. The number of carbonyl (C=O) groups is 1. The van der Waals surface area contributed by atoms with Crippen molar-refractivity contribution < 1.29 is 14.1 Å². The molecule has 0 aromatic carbocycles. The van der Waals surface area contributed by atoms with Crippen molar-refractivity contribution in [2.45, 2.75) is 32.2 Å². The summed E-state index contributed by atoms with van der Waals surface area (Å²) < 4.78 is 5.60. The fraction of sp³-hybridized carbons (Fsp3) is 0.474. The summed E-state index contributed by atoms with van der Waals surface area (Å²) in [6.07, 6.45) is 4.78. The van der Waals surface area contributed by atoms with Gasteiger partial charge in [0.05, 0.1) is 29.9 Å². The van der Waals surface area contributed by atoms with Gasteiger partial charge in [-0.2, -0.15) is 5.10 Å². The molecule has 1 fully saturated rings. The number of likely N-dealkylation sites (tertiary alicyclic amines) is 1. The monoisotopic (exact) mass is 358 g/mol. The largest absolute Gasteiger partial charge is 0.467 e. The van der Waals surface area contributed by atoms with Crippen LogP contribution in [0.5, 0.6) is 0 Å². The molecule has 1 amide bonds. The number of hydrazone groups is 1. The third kappa shape index (κ3) is 3.55. The third-order valence-corrected chi connectivity index (χ3v) is 6.14. The fourth-order valence-corrected chi connectivity index (χ4v) is 4.40. The Bertz CT molecular complexity index is 731. The summed E-state index contributed by atoms with van der Waals surface area (Å²) in [7, 11) is 0. The molecule has 0 bridgehead atoms. The lowest BCUT2D eigenvalue weighted by Gasteiger charge is -2.28. The first-order valence-corrected chi connectivity index (χ1v) is 9.89. The summed E-state index contributed by atoms with van der Waals surface area (Å²) in [5.41, 5.74) is 0.979. The minimum Gasteiger partial charge on any atom is -0.467 e. The number of nitrogens with zero attached hydrogens (tertiary/aromatic N) is 2. The van der Waals surface area contributed by atoms with Crippen molar-refractivity contribution in [1.82, 2.24) is 5.01 Å². The topological polar surface area (TPSA) is 50.2 Å². The highest BCUT2D eigenvalue weighted by Crippen LogP contribution is 2.33. The van der Waals surface area contributed by atoms with E-state index in [1.54, 1.807) is 22.6 Å². The molecule has 0 unspecified atom stereocenters. The number of quaternary nitrogens is 1. The van der Waals surface area contributed by atoms with E-state index in [1.165, 1.54) is 17.7 Å². The van der Waals surface area contributed by atoms with E-state index in [-0.39, 0.29) is 11.9 Å². The van der Waals surface area contributed by atoms with Crippen molar-refractivity contribution in [3.8, 4) is 0 Å². The fourth-order valence-electron chi connectivity index (χ4n) is 3.68. The molecule has 0 aliphatic carbocycles. The van der Waals surface area contributed by atoms with Crippen LogP contribution in [0.25, 0.3) is 0 Å². The average Bonchev–Trinajstić information content (AvgIpc) is 3.36. The molecule has 25 heavy (non-hydrogen) atoms. The first kappa shape index (κ1) is 16.5. The molecule has 1 saturated heterocycles. The van der Waals surface area contributed by atoms with E-state index >= 15 is 0 Å². The second-order valence-corrected chi connectivity index (χ2v) is 8.05. The number of rotatable bonds is 4.